The van der Waals surface area contributed by atoms with Gasteiger partial charge in [0.1, 0.15) is 6.61 Å². The van der Waals surface area contributed by atoms with Gasteiger partial charge in [0.25, 0.3) is 0 Å². The zero-order chi connectivity index (χ0) is 9.68. The van der Waals surface area contributed by atoms with Crippen LogP contribution in [0.25, 0.3) is 0 Å². The predicted octanol–water partition coefficient (Wildman–Crippen LogP) is 0.669. The highest BCUT2D eigenvalue weighted by Gasteiger charge is 2.30. The van der Waals surface area contributed by atoms with Crippen LogP contribution in [0.3, 0.4) is 0 Å². The fraction of sp³-hybridized carbons (Fsp3) is 0.556. The molecule has 0 radical (unpaired) electrons. The lowest BCUT2D eigenvalue weighted by molar-refractivity contribution is -0.144. The molecule has 4 nitrogen and oxygen atoms in total. The first-order valence-corrected chi connectivity index (χ1v) is 4.15. The highest BCUT2D eigenvalue weighted by molar-refractivity contribution is 5.81. The number of carbonyl (C=O) groups excluding carboxylic acids is 2. The van der Waals surface area contributed by atoms with Crippen LogP contribution in [-0.4, -0.2) is 25.7 Å². The van der Waals surface area contributed by atoms with E-state index in [0.29, 0.717) is 0 Å². The summed E-state index contributed by atoms with van der Waals surface area (Å²) in [5.74, 6) is -0.511. The molecule has 1 fully saturated rings. The molecular weight excluding hydrogens is 172 g/mol. The molecule has 0 bridgehead atoms. The summed E-state index contributed by atoms with van der Waals surface area (Å²) in [5, 5.41) is 0. The van der Waals surface area contributed by atoms with Crippen molar-refractivity contribution in [3.05, 3.63) is 12.2 Å². The molecular formula is C9H12O4. The summed E-state index contributed by atoms with van der Waals surface area (Å²) in [6.07, 6.45) is 4.56. The third-order valence-electron chi connectivity index (χ3n) is 1.69. The van der Waals surface area contributed by atoms with E-state index in [0.717, 1.165) is 12.8 Å². The number of hydrogen-bond acceptors (Lipinski definition) is 4. The number of rotatable bonds is 4. The molecule has 0 amide bonds. The molecule has 1 rings (SSSR count). The first-order chi connectivity index (χ1) is 6.24. The Bertz CT molecular complexity index is 228. The van der Waals surface area contributed by atoms with Crippen molar-refractivity contribution < 1.29 is 19.1 Å². The van der Waals surface area contributed by atoms with E-state index in [1.165, 1.54) is 19.3 Å². The van der Waals surface area contributed by atoms with Gasteiger partial charge in [-0.2, -0.15) is 0 Å². The molecule has 0 aromatic carbocycles. The monoisotopic (exact) mass is 184 g/mol. The number of methoxy groups -OCH3 is 1. The fourth-order valence-electron chi connectivity index (χ4n) is 0.780. The average Bonchev–Trinajstić information content (AvgIpc) is 2.94. The van der Waals surface area contributed by atoms with Crippen LogP contribution in [0.1, 0.15) is 12.8 Å². The van der Waals surface area contributed by atoms with Crippen LogP contribution >= 0.6 is 0 Å². The zero-order valence-corrected chi connectivity index (χ0v) is 7.49. The average molecular weight is 184 g/mol. The maximum atomic E-state index is 10.9. The summed E-state index contributed by atoms with van der Waals surface area (Å²) in [4.78, 5) is 21.5. The molecule has 0 heterocycles. The van der Waals surface area contributed by atoms with Crippen LogP contribution in [-0.2, 0) is 19.1 Å². The van der Waals surface area contributed by atoms with Crippen molar-refractivity contribution in [2.24, 2.45) is 5.92 Å². The topological polar surface area (TPSA) is 52.6 Å². The van der Waals surface area contributed by atoms with Gasteiger partial charge in [-0.15, -0.1) is 0 Å². The summed E-state index contributed by atoms with van der Waals surface area (Å²) in [6, 6.07) is 0. The van der Waals surface area contributed by atoms with Crippen molar-refractivity contribution in [3.8, 4) is 0 Å². The summed E-state index contributed by atoms with van der Waals surface area (Å²) in [5.41, 5.74) is 0. The Morgan fingerprint density at radius 2 is 2.15 bits per heavy atom. The molecule has 0 N–H and O–H groups in total. The van der Waals surface area contributed by atoms with Gasteiger partial charge >= 0.3 is 11.9 Å². The van der Waals surface area contributed by atoms with Gasteiger partial charge in [0.2, 0.25) is 0 Å². The standard InChI is InChI=1S/C9H12O4/c1-12-8(10)3-2-6-13-9(11)7-4-5-7/h2-3,7H,4-6H2,1H3. The molecule has 0 saturated heterocycles. The molecule has 72 valence electrons. The van der Waals surface area contributed by atoms with Crippen molar-refractivity contribution in [2.75, 3.05) is 13.7 Å². The second kappa shape index (κ2) is 4.64. The van der Waals surface area contributed by atoms with Crippen LogP contribution in [0.15, 0.2) is 12.2 Å². The van der Waals surface area contributed by atoms with E-state index in [1.807, 2.05) is 0 Å². The van der Waals surface area contributed by atoms with Gasteiger partial charge in [0, 0.05) is 6.08 Å². The van der Waals surface area contributed by atoms with Gasteiger partial charge in [0.15, 0.2) is 0 Å². The van der Waals surface area contributed by atoms with Crippen LogP contribution in [0, 0.1) is 5.92 Å². The minimum absolute atomic E-state index is 0.103. The molecule has 4 heteroatoms. The third kappa shape index (κ3) is 3.73. The number of carbonyl (C=O) groups is 2. The first kappa shape index (κ1) is 9.77. The summed E-state index contributed by atoms with van der Waals surface area (Å²) in [6.45, 7) is 0.143. The number of hydrogen-bond donors (Lipinski definition) is 0. The minimum atomic E-state index is -0.442. The van der Waals surface area contributed by atoms with E-state index >= 15 is 0 Å². The lowest BCUT2D eigenvalue weighted by atomic mass is 10.4. The Kier molecular flexibility index (Phi) is 3.49. The fourth-order valence-corrected chi connectivity index (χ4v) is 0.780. The van der Waals surface area contributed by atoms with Crippen molar-refractivity contribution in [3.63, 3.8) is 0 Å². The van der Waals surface area contributed by atoms with E-state index in [9.17, 15) is 9.59 Å². The zero-order valence-electron chi connectivity index (χ0n) is 7.49. The molecule has 13 heavy (non-hydrogen) atoms. The lowest BCUT2D eigenvalue weighted by Gasteiger charge is -1.97. The van der Waals surface area contributed by atoms with E-state index in [-0.39, 0.29) is 18.5 Å². The Morgan fingerprint density at radius 1 is 1.46 bits per heavy atom. The summed E-state index contributed by atoms with van der Waals surface area (Å²) >= 11 is 0. The van der Waals surface area contributed by atoms with Crippen molar-refractivity contribution in [2.45, 2.75) is 12.8 Å². The molecule has 0 aromatic rings. The highest BCUT2D eigenvalue weighted by Crippen LogP contribution is 2.29. The summed E-state index contributed by atoms with van der Waals surface area (Å²) < 4.78 is 9.18. The SMILES string of the molecule is COC(=O)C=CCOC(=O)C1CC1. The van der Waals surface area contributed by atoms with Crippen LogP contribution in [0.5, 0.6) is 0 Å². The van der Waals surface area contributed by atoms with E-state index in [1.54, 1.807) is 0 Å². The maximum Gasteiger partial charge on any atom is 0.330 e. The quantitative estimate of drug-likeness (QED) is 0.476. The third-order valence-corrected chi connectivity index (χ3v) is 1.69. The van der Waals surface area contributed by atoms with Crippen LogP contribution in [0.2, 0.25) is 0 Å². The Hall–Kier alpha value is -1.32. The molecule has 1 saturated carbocycles. The number of esters is 2. The Balaban J connectivity index is 2.08. The van der Waals surface area contributed by atoms with Crippen LogP contribution in [0.4, 0.5) is 0 Å². The Labute approximate surface area is 76.5 Å². The van der Waals surface area contributed by atoms with E-state index < -0.39 is 5.97 Å². The maximum absolute atomic E-state index is 10.9. The van der Waals surface area contributed by atoms with Gasteiger partial charge in [-0.1, -0.05) is 0 Å². The molecule has 0 aliphatic heterocycles. The largest absolute Gasteiger partial charge is 0.466 e. The van der Waals surface area contributed by atoms with E-state index in [2.05, 4.69) is 4.74 Å². The van der Waals surface area contributed by atoms with Crippen LogP contribution < -0.4 is 0 Å². The highest BCUT2D eigenvalue weighted by atomic mass is 16.5. The van der Waals surface area contributed by atoms with Crippen molar-refractivity contribution in [1.29, 1.82) is 0 Å². The van der Waals surface area contributed by atoms with E-state index in [4.69, 9.17) is 4.74 Å². The molecule has 0 spiro atoms. The predicted molar refractivity (Wildman–Crippen MR) is 44.8 cm³/mol. The lowest BCUT2D eigenvalue weighted by Crippen LogP contribution is -2.06. The normalized spacial score (nSPS) is 15.8. The van der Waals surface area contributed by atoms with Gasteiger partial charge in [0.05, 0.1) is 13.0 Å². The van der Waals surface area contributed by atoms with Gasteiger partial charge in [-0.3, -0.25) is 4.79 Å². The van der Waals surface area contributed by atoms with Crippen molar-refractivity contribution in [1.82, 2.24) is 0 Å². The Morgan fingerprint density at radius 3 is 2.69 bits per heavy atom. The van der Waals surface area contributed by atoms with Crippen molar-refractivity contribution >= 4 is 11.9 Å². The van der Waals surface area contributed by atoms with Gasteiger partial charge < -0.3 is 9.47 Å². The molecule has 0 aromatic heterocycles. The minimum Gasteiger partial charge on any atom is -0.466 e. The van der Waals surface area contributed by atoms with Gasteiger partial charge in [-0.25, -0.2) is 4.79 Å². The first-order valence-electron chi connectivity index (χ1n) is 4.15. The second-order valence-corrected chi connectivity index (χ2v) is 2.83. The second-order valence-electron chi connectivity index (χ2n) is 2.83. The molecule has 0 unspecified atom stereocenters. The molecule has 1 aliphatic rings. The smallest absolute Gasteiger partial charge is 0.330 e. The molecule has 0 atom stereocenters. The van der Waals surface area contributed by atoms with Gasteiger partial charge in [-0.05, 0) is 18.9 Å². The molecule has 1 aliphatic carbocycles. The number of ether oxygens (including phenoxy) is 2. The summed E-state index contributed by atoms with van der Waals surface area (Å²) in [7, 11) is 1.29.